The van der Waals surface area contributed by atoms with Gasteiger partial charge in [0.2, 0.25) is 11.5 Å². The van der Waals surface area contributed by atoms with E-state index in [4.69, 9.17) is 9.15 Å². The number of oxazole rings is 1. The summed E-state index contributed by atoms with van der Waals surface area (Å²) in [7, 11) is -8.26. The van der Waals surface area contributed by atoms with Crippen LogP contribution in [0.2, 0.25) is 0 Å². The van der Waals surface area contributed by atoms with E-state index in [1.54, 1.807) is 0 Å². The Hall–Kier alpha value is -4.23. The highest BCUT2D eigenvalue weighted by molar-refractivity contribution is 7.86. The summed E-state index contributed by atoms with van der Waals surface area (Å²) in [6, 6.07) is 23.7. The van der Waals surface area contributed by atoms with Crippen LogP contribution in [-0.4, -0.2) is 44.0 Å². The Kier molecular flexibility index (Phi) is 8.40. The third-order valence-corrected chi connectivity index (χ3v) is 9.46. The highest BCUT2D eigenvalue weighted by atomic mass is 32.2. The van der Waals surface area contributed by atoms with Gasteiger partial charge in [-0.1, -0.05) is 54.6 Å². The van der Waals surface area contributed by atoms with Crippen molar-refractivity contribution in [1.82, 2.24) is 0 Å². The lowest BCUT2D eigenvalue weighted by atomic mass is 10.1. The normalized spacial score (nSPS) is 15.0. The van der Waals surface area contributed by atoms with Crippen LogP contribution in [0.4, 0.5) is 5.69 Å². The summed E-state index contributed by atoms with van der Waals surface area (Å²) in [5.41, 5.74) is 3.10. The number of benzene rings is 4. The highest BCUT2D eigenvalue weighted by Crippen LogP contribution is 2.42. The van der Waals surface area contributed by atoms with E-state index in [0.29, 0.717) is 42.6 Å². The van der Waals surface area contributed by atoms with Gasteiger partial charge in [0.15, 0.2) is 12.3 Å². The summed E-state index contributed by atoms with van der Waals surface area (Å²) < 4.78 is 79.2. The fourth-order valence-corrected chi connectivity index (χ4v) is 6.69. The van der Waals surface area contributed by atoms with Crippen LogP contribution in [0.15, 0.2) is 101 Å². The van der Waals surface area contributed by atoms with Crippen LogP contribution in [-0.2, 0) is 33.2 Å². The van der Waals surface area contributed by atoms with E-state index in [2.05, 4.69) is 0 Å². The Bertz CT molecular complexity index is 2200. The second-order valence-electron chi connectivity index (χ2n) is 11.0. The molecular weight excluding hydrogens is 617 g/mol. The summed E-state index contributed by atoms with van der Waals surface area (Å²) in [4.78, 5) is 1.90. The van der Waals surface area contributed by atoms with Gasteiger partial charge >= 0.3 is 5.89 Å². The van der Waals surface area contributed by atoms with Crippen molar-refractivity contribution in [2.45, 2.75) is 32.7 Å². The first kappa shape index (κ1) is 30.8. The van der Waals surface area contributed by atoms with Crippen molar-refractivity contribution in [3.63, 3.8) is 0 Å². The average molecular weight is 650 g/mol. The fraction of sp³-hybridized carbons (Fsp3) is 0.242. The van der Waals surface area contributed by atoms with Crippen LogP contribution in [0.1, 0.15) is 25.7 Å². The van der Waals surface area contributed by atoms with Crippen molar-refractivity contribution in [3.8, 4) is 5.75 Å². The molecule has 1 aromatic heterocycles. The van der Waals surface area contributed by atoms with E-state index < -0.39 is 20.2 Å². The van der Waals surface area contributed by atoms with Gasteiger partial charge in [0.25, 0.3) is 25.8 Å². The van der Waals surface area contributed by atoms with Crippen LogP contribution < -0.4 is 14.2 Å². The summed E-state index contributed by atoms with van der Waals surface area (Å²) in [6.45, 7) is 2.50. The van der Waals surface area contributed by atoms with Crippen molar-refractivity contribution in [3.05, 3.63) is 102 Å². The Morgan fingerprint density at radius 2 is 1.44 bits per heavy atom. The number of ether oxygens (including phenoxy) is 1. The minimum Gasteiger partial charge on any atom is -0.439 e. The largest absolute Gasteiger partial charge is 0.439 e. The topological polar surface area (TPSA) is 138 Å². The summed E-state index contributed by atoms with van der Waals surface area (Å²) in [6.07, 6.45) is 4.53. The van der Waals surface area contributed by atoms with Crippen molar-refractivity contribution < 1.29 is 39.7 Å². The molecular formula is C33H33N2O8S2+. The maximum absolute atomic E-state index is 11.5. The first-order valence-electron chi connectivity index (χ1n) is 14.6. The molecule has 234 valence electrons. The van der Waals surface area contributed by atoms with Gasteiger partial charge < -0.3 is 14.1 Å². The van der Waals surface area contributed by atoms with Gasteiger partial charge in [-0.2, -0.15) is 21.4 Å². The molecule has 2 N–H and O–H groups in total. The first-order valence-corrected chi connectivity index (χ1v) is 17.8. The van der Waals surface area contributed by atoms with Crippen LogP contribution >= 0.6 is 0 Å². The smallest absolute Gasteiger partial charge is 0.352 e. The fourth-order valence-electron chi connectivity index (χ4n) is 5.70. The van der Waals surface area contributed by atoms with E-state index >= 15 is 0 Å². The van der Waals surface area contributed by atoms with Crippen molar-refractivity contribution in [1.29, 1.82) is 0 Å². The summed E-state index contributed by atoms with van der Waals surface area (Å²) >= 11 is 0. The highest BCUT2D eigenvalue weighted by Gasteiger charge is 2.29. The first-order chi connectivity index (χ1) is 21.5. The van der Waals surface area contributed by atoms with Gasteiger partial charge in [-0.05, 0) is 58.7 Å². The van der Waals surface area contributed by atoms with Crippen molar-refractivity contribution >= 4 is 58.6 Å². The minimum absolute atomic E-state index is 0.182. The lowest BCUT2D eigenvalue weighted by Gasteiger charge is -2.18. The van der Waals surface area contributed by atoms with E-state index in [1.165, 1.54) is 0 Å². The molecule has 4 aromatic carbocycles. The molecule has 0 radical (unpaired) electrons. The molecule has 2 heterocycles. The Labute approximate surface area is 261 Å². The molecule has 5 aromatic rings. The maximum atomic E-state index is 11.5. The number of aryl methyl sites for hydroxylation is 1. The van der Waals surface area contributed by atoms with Crippen LogP contribution in [0, 0.1) is 0 Å². The summed E-state index contributed by atoms with van der Waals surface area (Å²) in [5, 5.41) is 4.03. The van der Waals surface area contributed by atoms with Gasteiger partial charge in [-0.25, -0.2) is 0 Å². The van der Waals surface area contributed by atoms with E-state index in [9.17, 15) is 25.9 Å². The summed E-state index contributed by atoms with van der Waals surface area (Å²) in [5.74, 6) is 0.980. The molecule has 0 bridgehead atoms. The van der Waals surface area contributed by atoms with E-state index in [-0.39, 0.29) is 24.3 Å². The third kappa shape index (κ3) is 7.04. The molecule has 0 atom stereocenters. The molecule has 0 fully saturated rings. The lowest BCUT2D eigenvalue weighted by molar-refractivity contribution is -0.683. The maximum Gasteiger partial charge on any atom is 0.352 e. The molecule has 0 saturated heterocycles. The van der Waals surface area contributed by atoms with Gasteiger partial charge in [0.1, 0.15) is 0 Å². The Morgan fingerprint density at radius 1 is 0.844 bits per heavy atom. The van der Waals surface area contributed by atoms with Gasteiger partial charge in [0.05, 0.1) is 23.6 Å². The number of allylic oxidation sites excluding steroid dienone is 3. The molecule has 6 rings (SSSR count). The molecule has 0 amide bonds. The number of rotatable bonds is 11. The Balaban J connectivity index is 1.36. The molecule has 1 aliphatic rings. The lowest BCUT2D eigenvalue weighted by Crippen LogP contribution is -2.37. The quantitative estimate of drug-likeness (QED) is 0.134. The minimum atomic E-state index is -4.13. The molecule has 0 spiro atoms. The standard InChI is InChI=1S/C33H32N2O8S2/c1-2-23(17-32-34(13-7-15-44(36,37)38)28-19-24-9-3-5-11-26(24)21-30(28)42-32)18-33-35(14-8-16-45(39,40)41)29-20-25-10-4-6-12-27(25)22-31(29)43-33/h2-6,9-12,17,19-22H,7-8,13-16,18H2,1H3,(H-,36,37,38,39,40,41)/p+1/b23-2+,32-17-. The van der Waals surface area contributed by atoms with Crippen LogP contribution in [0.3, 0.4) is 0 Å². The van der Waals surface area contributed by atoms with Gasteiger partial charge in [-0.15, -0.1) is 0 Å². The SMILES string of the molecule is C/C=C(\C=C1/Oc2cc3ccccc3cc2N1CCCS(=O)(=O)O)Cc1oc2cc3ccccc3cc2[n+]1CCCS(=O)(=O)O. The zero-order valence-electron chi connectivity index (χ0n) is 24.6. The average Bonchev–Trinajstić information content (AvgIpc) is 3.48. The van der Waals surface area contributed by atoms with Crippen molar-refractivity contribution in [2.75, 3.05) is 23.0 Å². The number of fused-ring (bicyclic) bond motifs is 4. The van der Waals surface area contributed by atoms with Crippen LogP contribution in [0.5, 0.6) is 5.75 Å². The number of hydrogen-bond acceptors (Lipinski definition) is 7. The van der Waals surface area contributed by atoms with Crippen LogP contribution in [0.25, 0.3) is 32.6 Å². The Morgan fingerprint density at radius 3 is 2.09 bits per heavy atom. The zero-order valence-corrected chi connectivity index (χ0v) is 26.2. The zero-order chi connectivity index (χ0) is 31.8. The van der Waals surface area contributed by atoms with Gasteiger partial charge in [0, 0.05) is 25.1 Å². The number of hydrogen-bond donors (Lipinski definition) is 2. The molecule has 10 nitrogen and oxygen atoms in total. The molecule has 1 aliphatic heterocycles. The molecule has 0 saturated carbocycles. The molecule has 45 heavy (non-hydrogen) atoms. The van der Waals surface area contributed by atoms with E-state index in [1.807, 2.05) is 101 Å². The van der Waals surface area contributed by atoms with E-state index in [0.717, 1.165) is 38.3 Å². The predicted octanol–water partition coefficient (Wildman–Crippen LogP) is 5.81. The number of nitrogens with zero attached hydrogens (tertiary/aromatic N) is 2. The second-order valence-corrected chi connectivity index (χ2v) is 14.2. The number of aromatic nitrogens is 1. The molecule has 0 unspecified atom stereocenters. The van der Waals surface area contributed by atoms with Gasteiger partial charge in [-0.3, -0.25) is 9.11 Å². The molecule has 12 heteroatoms. The predicted molar refractivity (Wildman–Crippen MR) is 173 cm³/mol. The van der Waals surface area contributed by atoms with Crippen molar-refractivity contribution in [2.24, 2.45) is 0 Å². The molecule has 0 aliphatic carbocycles. The monoisotopic (exact) mass is 649 g/mol. The number of anilines is 1. The third-order valence-electron chi connectivity index (χ3n) is 7.85. The second kappa shape index (κ2) is 12.3.